The summed E-state index contributed by atoms with van der Waals surface area (Å²) < 4.78 is 39.4. The van der Waals surface area contributed by atoms with Gasteiger partial charge in [0, 0.05) is 0 Å². The molecule has 1 aromatic carbocycles. The first kappa shape index (κ1) is 16.5. The van der Waals surface area contributed by atoms with Gasteiger partial charge in [-0.2, -0.15) is 0 Å². The minimum absolute atomic E-state index is 0. The molecule has 8 heteroatoms. The molecular weight excluding hydrogens is 326 g/mol. The van der Waals surface area contributed by atoms with Crippen LogP contribution in [0.5, 0.6) is 5.75 Å². The van der Waals surface area contributed by atoms with Crippen molar-refractivity contribution in [3.8, 4) is 5.75 Å². The number of alkyl halides is 2. The Hall–Kier alpha value is -0.500. The van der Waals surface area contributed by atoms with Crippen molar-refractivity contribution >= 4 is 28.3 Å². The Bertz CT molecular complexity index is 406. The van der Waals surface area contributed by atoms with Crippen LogP contribution in [0.2, 0.25) is 0 Å². The second-order valence-corrected chi connectivity index (χ2v) is 4.04. The molecule has 0 unspecified atom stereocenters. The number of hydrogen-bond acceptors (Lipinski definition) is 3. The van der Waals surface area contributed by atoms with Crippen LogP contribution >= 0.6 is 28.3 Å². The number of benzene rings is 1. The Morgan fingerprint density at radius 1 is 1.41 bits per heavy atom. The minimum Gasteiger partial charge on any atom is -0.506 e. The van der Waals surface area contributed by atoms with Crippen LogP contribution in [0.15, 0.2) is 16.6 Å². The van der Waals surface area contributed by atoms with Crippen LogP contribution < -0.4 is 5.73 Å². The number of phenols is 1. The summed E-state index contributed by atoms with van der Waals surface area (Å²) in [4.78, 5) is 0. The first-order valence-electron chi connectivity index (χ1n) is 4.22. The van der Waals surface area contributed by atoms with Gasteiger partial charge in [-0.05, 0) is 28.1 Å². The maximum atomic E-state index is 13.3. The van der Waals surface area contributed by atoms with Gasteiger partial charge in [-0.1, -0.05) is 0 Å². The molecule has 0 radical (unpaired) electrons. The Balaban J connectivity index is 0.00000256. The molecule has 0 amide bonds. The van der Waals surface area contributed by atoms with E-state index in [2.05, 4.69) is 15.9 Å². The molecule has 0 heterocycles. The van der Waals surface area contributed by atoms with E-state index in [9.17, 15) is 18.3 Å². The number of aliphatic hydroxyl groups excluding tert-OH is 1. The zero-order valence-electron chi connectivity index (χ0n) is 8.33. The number of aliphatic hydroxyl groups is 1. The lowest BCUT2D eigenvalue weighted by Crippen LogP contribution is -2.36. The average molecular weight is 337 g/mol. The van der Waals surface area contributed by atoms with Crippen LogP contribution in [-0.4, -0.2) is 22.7 Å². The van der Waals surface area contributed by atoms with E-state index in [1.165, 1.54) is 0 Å². The summed E-state index contributed by atoms with van der Waals surface area (Å²) in [5.41, 5.74) is 4.39. The van der Waals surface area contributed by atoms with E-state index in [4.69, 9.17) is 10.8 Å². The number of phenolic OH excluding ortho intramolecular Hbond substituents is 1. The fraction of sp³-hybridized carbons (Fsp3) is 0.333. The average Bonchev–Trinajstić information content (AvgIpc) is 2.24. The van der Waals surface area contributed by atoms with Crippen molar-refractivity contribution in [3.63, 3.8) is 0 Å². The van der Waals surface area contributed by atoms with Crippen LogP contribution in [0.4, 0.5) is 13.2 Å². The highest BCUT2D eigenvalue weighted by molar-refractivity contribution is 9.10. The second kappa shape index (κ2) is 5.90. The summed E-state index contributed by atoms with van der Waals surface area (Å²) in [5, 5.41) is 17.9. The molecule has 1 atom stereocenters. The number of aromatic hydroxyl groups is 1. The molecule has 0 saturated heterocycles. The number of rotatable bonds is 3. The lowest BCUT2D eigenvalue weighted by Gasteiger charge is -2.23. The topological polar surface area (TPSA) is 66.5 Å². The molecule has 1 rings (SSSR count). The number of halogens is 5. The molecule has 98 valence electrons. The Morgan fingerprint density at radius 3 is 2.41 bits per heavy atom. The largest absolute Gasteiger partial charge is 0.506 e. The summed E-state index contributed by atoms with van der Waals surface area (Å²) in [5.74, 6) is -5.46. The zero-order chi connectivity index (χ0) is 12.5. The van der Waals surface area contributed by atoms with Crippen LogP contribution in [-0.2, 0) is 0 Å². The molecule has 0 aromatic heterocycles. The van der Waals surface area contributed by atoms with Gasteiger partial charge in [0.2, 0.25) is 0 Å². The van der Waals surface area contributed by atoms with Crippen molar-refractivity contribution in [3.05, 3.63) is 28.0 Å². The van der Waals surface area contributed by atoms with Gasteiger partial charge in [0.1, 0.15) is 24.2 Å². The maximum absolute atomic E-state index is 13.3. The molecular formula is C9H10BrClF3NO2. The van der Waals surface area contributed by atoms with E-state index < -0.39 is 35.7 Å². The lowest BCUT2D eigenvalue weighted by molar-refractivity contribution is -0.0723. The standard InChI is InChI=1S/C9H9BrF3NO2.ClH/c10-4-1-2-5(11)6(7(4)16)8(14)9(12,13)3-15;/h1-2,8,15-16H,3,14H2;1H/t8-;/m1./s1. The summed E-state index contributed by atoms with van der Waals surface area (Å²) in [6, 6.07) is -0.0558. The highest BCUT2D eigenvalue weighted by Gasteiger charge is 2.40. The molecule has 0 aliphatic carbocycles. The number of hydrogen-bond donors (Lipinski definition) is 3. The Kier molecular flexibility index (Phi) is 5.73. The summed E-state index contributed by atoms with van der Waals surface area (Å²) in [6.07, 6.45) is 0. The fourth-order valence-corrected chi connectivity index (χ4v) is 1.51. The first-order chi connectivity index (χ1) is 7.31. The quantitative estimate of drug-likeness (QED) is 0.794. The van der Waals surface area contributed by atoms with Gasteiger partial charge in [-0.15, -0.1) is 12.4 Å². The molecule has 0 saturated carbocycles. The second-order valence-electron chi connectivity index (χ2n) is 3.19. The highest BCUT2D eigenvalue weighted by Crippen LogP contribution is 2.38. The van der Waals surface area contributed by atoms with Crippen molar-refractivity contribution in [2.45, 2.75) is 12.0 Å². The fourth-order valence-electron chi connectivity index (χ4n) is 1.16. The third-order valence-corrected chi connectivity index (χ3v) is 2.73. The SMILES string of the molecule is Cl.N[C@H](c1c(F)ccc(Br)c1O)C(F)(F)CO. The van der Waals surface area contributed by atoms with E-state index in [0.29, 0.717) is 0 Å². The van der Waals surface area contributed by atoms with Crippen molar-refractivity contribution in [1.29, 1.82) is 0 Å². The van der Waals surface area contributed by atoms with Gasteiger partial charge >= 0.3 is 0 Å². The molecule has 0 bridgehead atoms. The van der Waals surface area contributed by atoms with E-state index in [-0.39, 0.29) is 16.9 Å². The predicted molar refractivity (Wildman–Crippen MR) is 62.0 cm³/mol. The smallest absolute Gasteiger partial charge is 0.289 e. The van der Waals surface area contributed by atoms with Crippen molar-refractivity contribution in [2.75, 3.05) is 6.61 Å². The monoisotopic (exact) mass is 335 g/mol. The van der Waals surface area contributed by atoms with Crippen molar-refractivity contribution in [1.82, 2.24) is 0 Å². The van der Waals surface area contributed by atoms with E-state index in [1.807, 2.05) is 0 Å². The summed E-state index contributed by atoms with van der Waals surface area (Å²) in [7, 11) is 0. The third kappa shape index (κ3) is 3.25. The summed E-state index contributed by atoms with van der Waals surface area (Å²) >= 11 is 2.86. The van der Waals surface area contributed by atoms with Crippen LogP contribution in [0.1, 0.15) is 11.6 Å². The van der Waals surface area contributed by atoms with Gasteiger partial charge in [-0.3, -0.25) is 0 Å². The van der Waals surface area contributed by atoms with Crippen LogP contribution in [0.25, 0.3) is 0 Å². The van der Waals surface area contributed by atoms with Crippen molar-refractivity contribution < 1.29 is 23.4 Å². The Morgan fingerprint density at radius 2 is 1.94 bits per heavy atom. The molecule has 0 aliphatic rings. The molecule has 4 N–H and O–H groups in total. The van der Waals surface area contributed by atoms with Gasteiger partial charge in [0.15, 0.2) is 0 Å². The van der Waals surface area contributed by atoms with Gasteiger partial charge < -0.3 is 15.9 Å². The molecule has 3 nitrogen and oxygen atoms in total. The minimum atomic E-state index is -3.71. The van der Waals surface area contributed by atoms with Gasteiger partial charge in [0.25, 0.3) is 5.92 Å². The molecule has 0 aliphatic heterocycles. The van der Waals surface area contributed by atoms with Crippen LogP contribution in [0.3, 0.4) is 0 Å². The third-order valence-electron chi connectivity index (χ3n) is 2.09. The van der Waals surface area contributed by atoms with Crippen molar-refractivity contribution in [2.24, 2.45) is 5.73 Å². The zero-order valence-corrected chi connectivity index (χ0v) is 10.7. The predicted octanol–water partition coefficient (Wildman–Crippen LogP) is 2.34. The normalized spacial score (nSPS) is 13.1. The molecule has 1 aromatic rings. The highest BCUT2D eigenvalue weighted by atomic mass is 79.9. The van der Waals surface area contributed by atoms with Crippen LogP contribution in [0, 0.1) is 5.82 Å². The first-order valence-corrected chi connectivity index (χ1v) is 5.01. The van der Waals surface area contributed by atoms with Gasteiger partial charge in [0.05, 0.1) is 10.0 Å². The maximum Gasteiger partial charge on any atom is 0.289 e. The van der Waals surface area contributed by atoms with Gasteiger partial charge in [-0.25, -0.2) is 13.2 Å². The van der Waals surface area contributed by atoms with E-state index in [1.54, 1.807) is 0 Å². The lowest BCUT2D eigenvalue weighted by atomic mass is 10.0. The molecule has 17 heavy (non-hydrogen) atoms. The number of nitrogens with two attached hydrogens (primary N) is 1. The molecule has 0 spiro atoms. The van der Waals surface area contributed by atoms with E-state index >= 15 is 0 Å². The summed E-state index contributed by atoms with van der Waals surface area (Å²) in [6.45, 7) is -1.53. The van der Waals surface area contributed by atoms with E-state index in [0.717, 1.165) is 12.1 Å². The molecule has 0 fully saturated rings. The Labute approximate surface area is 110 Å².